The minimum absolute atomic E-state index is 0.0154. The van der Waals surface area contributed by atoms with E-state index in [-0.39, 0.29) is 48.1 Å². The van der Waals surface area contributed by atoms with Crippen LogP contribution in [0.15, 0.2) is 17.5 Å². The third-order valence-corrected chi connectivity index (χ3v) is 7.98. The predicted octanol–water partition coefficient (Wildman–Crippen LogP) is 2.21. The topological polar surface area (TPSA) is 97.8 Å². The van der Waals surface area contributed by atoms with Crippen LogP contribution in [0.2, 0.25) is 0 Å². The Kier molecular flexibility index (Phi) is 6.87. The molecular formula is C19H25NO6S2. The molecule has 0 N–H and O–H groups in total. The molecule has 1 saturated carbocycles. The first-order valence-electron chi connectivity index (χ1n) is 9.59. The van der Waals surface area contributed by atoms with Crippen molar-refractivity contribution >= 4 is 38.8 Å². The Balaban J connectivity index is 1.51. The number of esters is 1. The summed E-state index contributed by atoms with van der Waals surface area (Å²) in [5, 5.41) is 1.80. The number of nitrogens with zero attached hydrogens (tertiary/aromatic N) is 1. The maximum Gasteiger partial charge on any atom is 0.306 e. The molecule has 1 saturated heterocycles. The first-order valence-corrected chi connectivity index (χ1v) is 12.3. The second-order valence-corrected chi connectivity index (χ2v) is 10.5. The van der Waals surface area contributed by atoms with Crippen molar-refractivity contribution < 1.29 is 27.5 Å². The zero-order valence-corrected chi connectivity index (χ0v) is 17.3. The predicted molar refractivity (Wildman–Crippen MR) is 105 cm³/mol. The Morgan fingerprint density at radius 2 is 1.86 bits per heavy atom. The summed E-state index contributed by atoms with van der Waals surface area (Å²) in [5.74, 6) is -0.977. The lowest BCUT2D eigenvalue weighted by Crippen LogP contribution is -2.48. The van der Waals surface area contributed by atoms with Crippen molar-refractivity contribution in [3.8, 4) is 0 Å². The van der Waals surface area contributed by atoms with Crippen molar-refractivity contribution in [2.75, 3.05) is 18.1 Å². The number of ether oxygens (including phenoxy) is 1. The number of thiophene rings is 1. The Hall–Kier alpha value is -1.74. The van der Waals surface area contributed by atoms with Crippen molar-refractivity contribution in [3.63, 3.8) is 0 Å². The molecule has 28 heavy (non-hydrogen) atoms. The first kappa shape index (κ1) is 21.0. The van der Waals surface area contributed by atoms with Crippen LogP contribution in [0.5, 0.6) is 0 Å². The van der Waals surface area contributed by atoms with Crippen LogP contribution in [-0.2, 0) is 24.2 Å². The fourth-order valence-electron chi connectivity index (χ4n) is 3.95. The number of Topliss-reactive ketones (excluding diaryl/α,β-unsaturated/α-hetero) is 1. The Morgan fingerprint density at radius 3 is 2.46 bits per heavy atom. The molecule has 2 fully saturated rings. The largest absolute Gasteiger partial charge is 0.456 e. The van der Waals surface area contributed by atoms with Gasteiger partial charge in [0.05, 0.1) is 22.8 Å². The van der Waals surface area contributed by atoms with Crippen molar-refractivity contribution in [1.29, 1.82) is 0 Å². The molecule has 9 heteroatoms. The molecular weight excluding hydrogens is 402 g/mol. The summed E-state index contributed by atoms with van der Waals surface area (Å²) in [6, 6.07) is 3.16. The monoisotopic (exact) mass is 427 g/mol. The highest BCUT2D eigenvalue weighted by Crippen LogP contribution is 2.29. The highest BCUT2D eigenvalue weighted by atomic mass is 32.2. The van der Waals surface area contributed by atoms with Gasteiger partial charge in [0.1, 0.15) is 0 Å². The SMILES string of the molecule is O=C(CCC(=O)c1cccs1)OCC(=O)N(C1CCCC1)C1CCS(=O)(=O)C1. The molecule has 1 aliphatic heterocycles. The fraction of sp³-hybridized carbons (Fsp3) is 0.632. The average molecular weight is 428 g/mol. The lowest BCUT2D eigenvalue weighted by molar-refractivity contribution is -0.154. The van der Waals surface area contributed by atoms with Crippen LogP contribution >= 0.6 is 11.3 Å². The van der Waals surface area contributed by atoms with E-state index in [1.807, 2.05) is 0 Å². The first-order chi connectivity index (χ1) is 13.4. The van der Waals surface area contributed by atoms with E-state index in [2.05, 4.69) is 0 Å². The van der Waals surface area contributed by atoms with Crippen molar-refractivity contribution in [1.82, 2.24) is 4.90 Å². The minimum Gasteiger partial charge on any atom is -0.456 e. The van der Waals surface area contributed by atoms with Crippen LogP contribution in [0, 0.1) is 0 Å². The number of hydrogen-bond donors (Lipinski definition) is 0. The van der Waals surface area contributed by atoms with Gasteiger partial charge in [0.15, 0.2) is 22.2 Å². The lowest BCUT2D eigenvalue weighted by atomic mass is 10.1. The van der Waals surface area contributed by atoms with Gasteiger partial charge in [-0.3, -0.25) is 14.4 Å². The van der Waals surface area contributed by atoms with Gasteiger partial charge in [-0.15, -0.1) is 11.3 Å². The normalized spacial score (nSPS) is 21.5. The minimum atomic E-state index is -3.11. The quantitative estimate of drug-likeness (QED) is 0.466. The average Bonchev–Trinajstić information content (AvgIpc) is 3.40. The zero-order valence-electron chi connectivity index (χ0n) is 15.7. The smallest absolute Gasteiger partial charge is 0.306 e. The number of sulfone groups is 1. The Morgan fingerprint density at radius 1 is 1.11 bits per heavy atom. The van der Waals surface area contributed by atoms with E-state index in [0.717, 1.165) is 25.7 Å². The van der Waals surface area contributed by atoms with Crippen molar-refractivity contribution in [2.45, 2.75) is 57.0 Å². The second kappa shape index (κ2) is 9.17. The summed E-state index contributed by atoms with van der Waals surface area (Å²) in [6.07, 6.45) is 4.13. The summed E-state index contributed by atoms with van der Waals surface area (Å²) in [5.41, 5.74) is 0. The van der Waals surface area contributed by atoms with Gasteiger partial charge in [0.25, 0.3) is 5.91 Å². The summed E-state index contributed by atoms with van der Waals surface area (Å²) < 4.78 is 28.8. The molecule has 2 heterocycles. The molecule has 154 valence electrons. The molecule has 7 nitrogen and oxygen atoms in total. The van der Waals surface area contributed by atoms with E-state index in [0.29, 0.717) is 11.3 Å². The van der Waals surface area contributed by atoms with Crippen LogP contribution in [0.25, 0.3) is 0 Å². The molecule has 0 radical (unpaired) electrons. The summed E-state index contributed by atoms with van der Waals surface area (Å²) in [7, 11) is -3.11. The number of rotatable bonds is 8. The molecule has 1 atom stereocenters. The van der Waals surface area contributed by atoms with Crippen molar-refractivity contribution in [3.05, 3.63) is 22.4 Å². The maximum absolute atomic E-state index is 12.7. The van der Waals surface area contributed by atoms with E-state index in [1.54, 1.807) is 22.4 Å². The molecule has 1 unspecified atom stereocenters. The van der Waals surface area contributed by atoms with Gasteiger partial charge in [0, 0.05) is 18.5 Å². The van der Waals surface area contributed by atoms with Crippen LogP contribution in [-0.4, -0.2) is 61.2 Å². The van der Waals surface area contributed by atoms with Crippen molar-refractivity contribution in [2.24, 2.45) is 0 Å². The van der Waals surface area contributed by atoms with Gasteiger partial charge >= 0.3 is 5.97 Å². The number of hydrogen-bond acceptors (Lipinski definition) is 7. The highest BCUT2D eigenvalue weighted by Gasteiger charge is 2.39. The van der Waals surface area contributed by atoms with Crippen LogP contribution in [0.1, 0.15) is 54.6 Å². The molecule has 1 amide bonds. The van der Waals surface area contributed by atoms with Gasteiger partial charge in [-0.25, -0.2) is 8.42 Å². The van der Waals surface area contributed by atoms with E-state index in [9.17, 15) is 22.8 Å². The standard InChI is InChI=1S/C19H25NO6S2/c21-16(17-6-3-10-27-17)7-8-19(23)26-12-18(22)20(14-4-1-2-5-14)15-9-11-28(24,25)13-15/h3,6,10,14-15H,1-2,4-5,7-9,11-13H2. The molecule has 0 spiro atoms. The summed E-state index contributed by atoms with van der Waals surface area (Å²) in [6.45, 7) is -0.404. The van der Waals surface area contributed by atoms with Gasteiger partial charge in [-0.1, -0.05) is 18.9 Å². The van der Waals surface area contributed by atoms with Gasteiger partial charge in [0.2, 0.25) is 0 Å². The van der Waals surface area contributed by atoms with Crippen LogP contribution in [0.4, 0.5) is 0 Å². The third kappa shape index (κ3) is 5.41. The fourth-order valence-corrected chi connectivity index (χ4v) is 6.35. The summed E-state index contributed by atoms with van der Waals surface area (Å²) in [4.78, 5) is 38.9. The highest BCUT2D eigenvalue weighted by molar-refractivity contribution is 7.91. The molecule has 0 bridgehead atoms. The third-order valence-electron chi connectivity index (χ3n) is 5.32. The van der Waals surface area contributed by atoms with E-state index in [1.165, 1.54) is 11.3 Å². The lowest BCUT2D eigenvalue weighted by Gasteiger charge is -2.33. The van der Waals surface area contributed by atoms with Crippen LogP contribution in [0.3, 0.4) is 0 Å². The van der Waals surface area contributed by atoms with Crippen LogP contribution < -0.4 is 0 Å². The molecule has 1 aliphatic carbocycles. The maximum atomic E-state index is 12.7. The zero-order chi connectivity index (χ0) is 20.1. The number of carbonyl (C=O) groups excluding carboxylic acids is 3. The molecule has 3 rings (SSSR count). The Bertz CT molecular complexity index is 811. The molecule has 1 aromatic heterocycles. The van der Waals surface area contributed by atoms with Gasteiger partial charge in [-0.05, 0) is 30.7 Å². The number of amides is 1. The molecule has 0 aromatic carbocycles. The second-order valence-electron chi connectivity index (χ2n) is 7.36. The van der Waals surface area contributed by atoms with Gasteiger partial charge < -0.3 is 9.64 Å². The Labute approximate surface area is 169 Å². The van der Waals surface area contributed by atoms with E-state index in [4.69, 9.17) is 4.74 Å². The van der Waals surface area contributed by atoms with E-state index < -0.39 is 22.4 Å². The molecule has 2 aliphatic rings. The number of ketones is 1. The molecule has 1 aromatic rings. The number of carbonyl (C=O) groups is 3. The van der Waals surface area contributed by atoms with Gasteiger partial charge in [-0.2, -0.15) is 0 Å². The van der Waals surface area contributed by atoms with E-state index >= 15 is 0 Å². The summed E-state index contributed by atoms with van der Waals surface area (Å²) >= 11 is 1.32.